The molecular weight excluding hydrogens is 509 g/mol. The van der Waals surface area contributed by atoms with Crippen LogP contribution >= 0.6 is 0 Å². The Morgan fingerprint density at radius 1 is 1.28 bits per heavy atom. The van der Waals surface area contributed by atoms with Crippen molar-refractivity contribution < 1.29 is 23.9 Å². The number of halogens is 1. The molecule has 0 bridgehead atoms. The van der Waals surface area contributed by atoms with Crippen LogP contribution in [0.3, 0.4) is 0 Å². The fourth-order valence-corrected chi connectivity index (χ4v) is 3.64. The molecule has 0 aliphatic rings. The molecular formula is C26H30FN7O5. The maximum atomic E-state index is 14.3. The van der Waals surface area contributed by atoms with E-state index in [-0.39, 0.29) is 36.5 Å². The van der Waals surface area contributed by atoms with Crippen LogP contribution in [0.15, 0.2) is 47.0 Å². The number of aromatic amines is 1. The maximum Gasteiger partial charge on any atom is 0.405 e. The van der Waals surface area contributed by atoms with E-state index in [1.54, 1.807) is 20.2 Å². The van der Waals surface area contributed by atoms with Crippen LogP contribution in [0.4, 0.5) is 14.9 Å². The summed E-state index contributed by atoms with van der Waals surface area (Å²) in [5.41, 5.74) is 1.31. The number of nitrogens with zero attached hydrogens (tertiary/aromatic N) is 4. The van der Waals surface area contributed by atoms with Gasteiger partial charge in [0.15, 0.2) is 5.82 Å². The molecule has 3 rings (SSSR count). The molecule has 0 saturated heterocycles. The van der Waals surface area contributed by atoms with Crippen LogP contribution in [-0.4, -0.2) is 67.6 Å². The van der Waals surface area contributed by atoms with Crippen LogP contribution in [-0.2, 0) is 16.1 Å². The minimum Gasteiger partial charge on any atom is -0.465 e. The van der Waals surface area contributed by atoms with E-state index in [1.165, 1.54) is 39.9 Å². The van der Waals surface area contributed by atoms with E-state index in [0.29, 0.717) is 17.0 Å². The van der Waals surface area contributed by atoms with Crippen LogP contribution < -0.4 is 16.2 Å². The highest BCUT2D eigenvalue weighted by Crippen LogP contribution is 2.20. The summed E-state index contributed by atoms with van der Waals surface area (Å²) in [7, 11) is 3.18. The Bertz CT molecular complexity index is 1500. The number of allylic oxidation sites excluding steroid dienone is 2. The number of rotatable bonds is 10. The van der Waals surface area contributed by atoms with E-state index in [0.717, 1.165) is 11.8 Å². The average Bonchev–Trinajstić information content (AvgIpc) is 3.29. The molecule has 0 radical (unpaired) electrons. The smallest absolute Gasteiger partial charge is 0.405 e. The first-order valence-corrected chi connectivity index (χ1v) is 12.0. The summed E-state index contributed by atoms with van der Waals surface area (Å²) in [6, 6.07) is 1.75. The number of nitrogens with one attached hydrogen (secondary N) is 3. The topological polar surface area (TPSA) is 162 Å². The molecule has 13 heteroatoms. The molecule has 0 aliphatic heterocycles. The molecule has 4 N–H and O–H groups in total. The summed E-state index contributed by atoms with van der Waals surface area (Å²) >= 11 is 0. The molecule has 0 spiro atoms. The lowest BCUT2D eigenvalue weighted by atomic mass is 10.1. The first-order valence-electron chi connectivity index (χ1n) is 12.0. The number of anilines is 1. The number of pyridine rings is 2. The molecule has 0 fully saturated rings. The zero-order valence-corrected chi connectivity index (χ0v) is 22.0. The van der Waals surface area contributed by atoms with Crippen LogP contribution in [0.1, 0.15) is 38.2 Å². The van der Waals surface area contributed by atoms with Crippen LogP contribution in [0.5, 0.6) is 0 Å². The molecule has 0 aliphatic carbocycles. The molecule has 3 amide bonds. The minimum absolute atomic E-state index is 0.0492. The van der Waals surface area contributed by atoms with Gasteiger partial charge in [0, 0.05) is 20.3 Å². The third kappa shape index (κ3) is 7.60. The van der Waals surface area contributed by atoms with Crippen LogP contribution in [0.25, 0.3) is 17.1 Å². The van der Waals surface area contributed by atoms with Gasteiger partial charge in [-0.15, -0.1) is 0 Å². The van der Waals surface area contributed by atoms with Gasteiger partial charge in [0.2, 0.25) is 11.8 Å². The van der Waals surface area contributed by atoms with Crippen molar-refractivity contribution >= 4 is 40.7 Å². The fraction of sp³-hybridized carbons (Fsp3) is 0.308. The summed E-state index contributed by atoms with van der Waals surface area (Å²) in [5, 5.41) is 13.7. The van der Waals surface area contributed by atoms with Gasteiger partial charge in [-0.25, -0.2) is 14.2 Å². The van der Waals surface area contributed by atoms with Gasteiger partial charge in [-0.2, -0.15) is 0 Å². The molecule has 3 aromatic heterocycles. The summed E-state index contributed by atoms with van der Waals surface area (Å²) in [5.74, 6) is -1.29. The molecule has 0 unspecified atom stereocenters. The van der Waals surface area contributed by atoms with E-state index in [4.69, 9.17) is 5.11 Å². The van der Waals surface area contributed by atoms with E-state index >= 15 is 0 Å². The maximum absolute atomic E-state index is 14.3. The minimum atomic E-state index is -1.41. The van der Waals surface area contributed by atoms with E-state index < -0.39 is 29.4 Å². The number of imidazole rings is 1. The van der Waals surface area contributed by atoms with E-state index in [1.807, 2.05) is 13.8 Å². The fourth-order valence-electron chi connectivity index (χ4n) is 3.64. The SMILES string of the molecule is CC(C)=Cc1ncc(F)c2nc(Cn3cccc(NC(=O)[C@H](CC/C=C/C(=O)N(C)C)NC(=O)O)c3=O)[nH]c12. The van der Waals surface area contributed by atoms with Crippen molar-refractivity contribution in [2.45, 2.75) is 39.3 Å². The molecule has 3 heterocycles. The number of aromatic nitrogens is 4. The van der Waals surface area contributed by atoms with Crippen molar-refractivity contribution in [2.24, 2.45) is 0 Å². The summed E-state index contributed by atoms with van der Waals surface area (Å²) in [4.78, 5) is 61.5. The molecule has 3 aromatic rings. The predicted octanol–water partition coefficient (Wildman–Crippen LogP) is 2.73. The number of hydrogen-bond donors (Lipinski definition) is 4. The average molecular weight is 540 g/mol. The highest BCUT2D eigenvalue weighted by Gasteiger charge is 2.21. The lowest BCUT2D eigenvalue weighted by Gasteiger charge is -2.16. The van der Waals surface area contributed by atoms with Crippen molar-refractivity contribution in [1.29, 1.82) is 0 Å². The third-order valence-corrected chi connectivity index (χ3v) is 5.51. The van der Waals surface area contributed by atoms with Crippen molar-refractivity contribution in [3.05, 3.63) is 69.9 Å². The monoisotopic (exact) mass is 539 g/mol. The number of carbonyl (C=O) groups excluding carboxylic acids is 2. The Morgan fingerprint density at radius 3 is 2.69 bits per heavy atom. The van der Waals surface area contributed by atoms with Crippen LogP contribution in [0, 0.1) is 5.82 Å². The lowest BCUT2D eigenvalue weighted by molar-refractivity contribution is -0.123. The number of H-pyrrole nitrogens is 1. The second-order valence-electron chi connectivity index (χ2n) is 9.18. The molecule has 1 atom stereocenters. The zero-order valence-electron chi connectivity index (χ0n) is 22.0. The summed E-state index contributed by atoms with van der Waals surface area (Å²) in [6.07, 6.45) is 6.10. The van der Waals surface area contributed by atoms with E-state index in [9.17, 15) is 23.6 Å². The van der Waals surface area contributed by atoms with Gasteiger partial charge in [0.25, 0.3) is 5.56 Å². The highest BCUT2D eigenvalue weighted by molar-refractivity contribution is 5.96. The number of amides is 3. The summed E-state index contributed by atoms with van der Waals surface area (Å²) in [6.45, 7) is 3.71. The van der Waals surface area contributed by atoms with Gasteiger partial charge in [-0.1, -0.05) is 11.6 Å². The number of carboxylic acid groups (broad SMARTS) is 1. The van der Waals surface area contributed by atoms with Gasteiger partial charge in [0.05, 0.1) is 24.0 Å². The second kappa shape index (κ2) is 12.6. The molecule has 12 nitrogen and oxygen atoms in total. The van der Waals surface area contributed by atoms with Crippen LogP contribution in [0.2, 0.25) is 0 Å². The molecule has 0 aromatic carbocycles. The Kier molecular flexibility index (Phi) is 9.31. The van der Waals surface area contributed by atoms with Gasteiger partial charge >= 0.3 is 6.09 Å². The third-order valence-electron chi connectivity index (χ3n) is 5.51. The normalized spacial score (nSPS) is 11.8. The van der Waals surface area contributed by atoms with Crippen molar-refractivity contribution in [2.75, 3.05) is 19.4 Å². The molecule has 206 valence electrons. The Balaban J connectivity index is 1.79. The Labute approximate surface area is 223 Å². The lowest BCUT2D eigenvalue weighted by Crippen LogP contribution is -2.44. The van der Waals surface area contributed by atoms with Crippen molar-refractivity contribution in [3.63, 3.8) is 0 Å². The number of carbonyl (C=O) groups is 3. The first kappa shape index (κ1) is 28.8. The molecule has 39 heavy (non-hydrogen) atoms. The zero-order chi connectivity index (χ0) is 28.7. The highest BCUT2D eigenvalue weighted by atomic mass is 19.1. The quantitative estimate of drug-likeness (QED) is 0.288. The largest absolute Gasteiger partial charge is 0.465 e. The second-order valence-corrected chi connectivity index (χ2v) is 9.18. The number of hydrogen-bond acceptors (Lipinski definition) is 6. The van der Waals surface area contributed by atoms with E-state index in [2.05, 4.69) is 25.6 Å². The van der Waals surface area contributed by atoms with Gasteiger partial charge < -0.3 is 30.2 Å². The number of likely N-dealkylation sites (N-methyl/N-ethyl adjacent to an activating group) is 1. The molecule has 0 saturated carbocycles. The first-order chi connectivity index (χ1) is 18.5. The Morgan fingerprint density at radius 2 is 2.03 bits per heavy atom. The summed E-state index contributed by atoms with van der Waals surface area (Å²) < 4.78 is 15.6. The Hall–Kier alpha value is -4.81. The van der Waals surface area contributed by atoms with Crippen molar-refractivity contribution in [1.82, 2.24) is 29.7 Å². The number of fused-ring (bicyclic) bond motifs is 1. The van der Waals surface area contributed by atoms with Gasteiger partial charge in [-0.05, 0) is 51.0 Å². The van der Waals surface area contributed by atoms with Gasteiger partial charge in [0.1, 0.15) is 23.1 Å². The standard InChI is InChI=1S/C26H30FN7O5/c1-15(2)12-19-23-22(16(27)13-28-19)31-20(32-23)14-34-11-7-9-18(25(34)37)29-24(36)17(30-26(38)39)8-5-6-10-21(35)33(3)4/h6-7,9-13,17,30H,5,8,14H2,1-4H3,(H,29,36)(H,31,32)(H,38,39)/b10-6+/t17-/m0/s1. The predicted molar refractivity (Wildman–Crippen MR) is 144 cm³/mol. The van der Waals surface area contributed by atoms with Gasteiger partial charge in [-0.3, -0.25) is 19.4 Å². The van der Waals surface area contributed by atoms with Crippen molar-refractivity contribution in [3.8, 4) is 0 Å².